The number of hydrogen-bond donors (Lipinski definition) is 0. The van der Waals surface area contributed by atoms with E-state index in [2.05, 4.69) is 0 Å². The van der Waals surface area contributed by atoms with Crippen LogP contribution >= 0.6 is 11.6 Å². The van der Waals surface area contributed by atoms with Crippen LogP contribution in [0.4, 0.5) is 0 Å². The van der Waals surface area contributed by atoms with Crippen LogP contribution in [0.5, 0.6) is 0 Å². The molecule has 2 aromatic carbocycles. The summed E-state index contributed by atoms with van der Waals surface area (Å²) in [6.07, 6.45) is 1.50. The molecule has 0 bridgehead atoms. The normalized spacial score (nSPS) is 21.2. The molecule has 134 valence electrons. The summed E-state index contributed by atoms with van der Waals surface area (Å²) in [5, 5.41) is 0.241. The Balaban J connectivity index is 1.90. The third-order valence-corrected chi connectivity index (χ3v) is 7.38. The van der Waals surface area contributed by atoms with Crippen molar-refractivity contribution >= 4 is 21.4 Å². The zero-order valence-corrected chi connectivity index (χ0v) is 16.1. The molecular formula is C20H23ClO3S. The molecule has 1 fully saturated rings. The number of benzene rings is 2. The van der Waals surface area contributed by atoms with Crippen LogP contribution in [0, 0.1) is 6.92 Å². The van der Waals surface area contributed by atoms with Gasteiger partial charge in [0.25, 0.3) is 0 Å². The molecule has 2 atom stereocenters. The van der Waals surface area contributed by atoms with E-state index in [1.807, 2.05) is 50.2 Å². The molecular weight excluding hydrogens is 356 g/mol. The van der Waals surface area contributed by atoms with Crippen molar-refractivity contribution in [1.29, 1.82) is 0 Å². The Morgan fingerprint density at radius 1 is 1.16 bits per heavy atom. The van der Waals surface area contributed by atoms with E-state index in [9.17, 15) is 8.42 Å². The molecule has 0 saturated carbocycles. The van der Waals surface area contributed by atoms with Crippen molar-refractivity contribution in [1.82, 2.24) is 0 Å². The average molecular weight is 379 g/mol. The largest absolute Gasteiger partial charge is 0.373 e. The summed E-state index contributed by atoms with van der Waals surface area (Å²) in [5.74, 6) is 0. The van der Waals surface area contributed by atoms with E-state index >= 15 is 0 Å². The van der Waals surface area contributed by atoms with Crippen LogP contribution in [0.2, 0.25) is 5.02 Å². The minimum Gasteiger partial charge on any atom is -0.373 e. The van der Waals surface area contributed by atoms with Gasteiger partial charge in [0.15, 0.2) is 9.84 Å². The molecule has 0 N–H and O–H groups in total. The van der Waals surface area contributed by atoms with E-state index in [0.717, 1.165) is 16.7 Å². The van der Waals surface area contributed by atoms with Gasteiger partial charge in [-0.15, -0.1) is 0 Å². The van der Waals surface area contributed by atoms with E-state index in [1.165, 1.54) is 0 Å². The Morgan fingerprint density at radius 3 is 2.56 bits per heavy atom. The van der Waals surface area contributed by atoms with E-state index in [1.54, 1.807) is 6.07 Å². The molecule has 0 aromatic heterocycles. The first-order valence-corrected chi connectivity index (χ1v) is 10.5. The van der Waals surface area contributed by atoms with Crippen LogP contribution in [-0.2, 0) is 21.0 Å². The topological polar surface area (TPSA) is 43.4 Å². The maximum absolute atomic E-state index is 13.3. The molecule has 2 aromatic rings. The minimum absolute atomic E-state index is 0.208. The molecule has 0 aliphatic carbocycles. The van der Waals surface area contributed by atoms with Gasteiger partial charge >= 0.3 is 0 Å². The van der Waals surface area contributed by atoms with E-state index in [0.29, 0.717) is 35.8 Å². The van der Waals surface area contributed by atoms with Crippen molar-refractivity contribution < 1.29 is 13.2 Å². The van der Waals surface area contributed by atoms with E-state index < -0.39 is 15.1 Å². The van der Waals surface area contributed by atoms with Gasteiger partial charge in [-0.1, -0.05) is 42.8 Å². The summed E-state index contributed by atoms with van der Waals surface area (Å²) in [6, 6.07) is 13.2. The van der Waals surface area contributed by atoms with E-state index in [-0.39, 0.29) is 6.10 Å². The van der Waals surface area contributed by atoms with Crippen LogP contribution < -0.4 is 0 Å². The fourth-order valence-electron chi connectivity index (χ4n) is 3.36. The fraction of sp³-hybridized carbons (Fsp3) is 0.400. The second-order valence-corrected chi connectivity index (χ2v) is 9.20. The molecule has 1 heterocycles. The Labute approximate surface area is 154 Å². The zero-order chi connectivity index (χ0) is 18.0. The highest BCUT2D eigenvalue weighted by Gasteiger charge is 2.35. The third-order valence-electron chi connectivity index (χ3n) is 4.83. The standard InChI is InChI=1S/C20H23ClO3S/c1-3-15-5-4-14(2)12-20(15)25(22,23)18-10-11-24-19(13-18)16-6-8-17(21)9-7-16/h4-9,12,18-19H,3,10-11,13H2,1-2H3. The number of rotatable bonds is 4. The summed E-state index contributed by atoms with van der Waals surface area (Å²) in [4.78, 5) is 0.483. The fourth-order valence-corrected chi connectivity index (χ4v) is 5.60. The molecule has 0 amide bonds. The smallest absolute Gasteiger partial charge is 0.181 e. The van der Waals surface area contributed by atoms with Crippen LogP contribution in [-0.4, -0.2) is 20.3 Å². The highest BCUT2D eigenvalue weighted by Crippen LogP contribution is 2.35. The monoisotopic (exact) mass is 378 g/mol. The minimum atomic E-state index is -3.38. The molecule has 2 unspecified atom stereocenters. The second kappa shape index (κ2) is 7.48. The van der Waals surface area contributed by atoms with Crippen LogP contribution in [0.25, 0.3) is 0 Å². The lowest BCUT2D eigenvalue weighted by atomic mass is 10.0. The lowest BCUT2D eigenvalue weighted by Gasteiger charge is -2.30. The number of halogens is 1. The maximum atomic E-state index is 13.3. The first-order chi connectivity index (χ1) is 11.9. The number of hydrogen-bond acceptors (Lipinski definition) is 3. The van der Waals surface area contributed by atoms with Gasteiger partial charge in [0.1, 0.15) is 0 Å². The lowest BCUT2D eigenvalue weighted by Crippen LogP contribution is -2.31. The van der Waals surface area contributed by atoms with Crippen LogP contribution in [0.1, 0.15) is 42.6 Å². The predicted octanol–water partition coefficient (Wildman–Crippen LogP) is 4.90. The first-order valence-electron chi connectivity index (χ1n) is 8.62. The van der Waals surface area contributed by atoms with Gasteiger partial charge in [-0.05, 0) is 61.1 Å². The highest BCUT2D eigenvalue weighted by atomic mass is 35.5. The van der Waals surface area contributed by atoms with Gasteiger partial charge in [0.05, 0.1) is 16.2 Å². The quantitative estimate of drug-likeness (QED) is 0.759. The van der Waals surface area contributed by atoms with Crippen molar-refractivity contribution in [2.45, 2.75) is 49.4 Å². The molecule has 3 nitrogen and oxygen atoms in total. The summed E-state index contributed by atoms with van der Waals surface area (Å²) in [7, 11) is -3.38. The summed E-state index contributed by atoms with van der Waals surface area (Å²) >= 11 is 5.94. The molecule has 25 heavy (non-hydrogen) atoms. The van der Waals surface area contributed by atoms with Crippen molar-refractivity contribution in [2.75, 3.05) is 6.61 Å². The van der Waals surface area contributed by atoms with Gasteiger partial charge in [-0.25, -0.2) is 8.42 Å². The molecule has 0 radical (unpaired) electrons. The second-order valence-electron chi connectivity index (χ2n) is 6.57. The Kier molecular flexibility index (Phi) is 5.52. The Morgan fingerprint density at radius 2 is 1.88 bits per heavy atom. The van der Waals surface area contributed by atoms with Crippen molar-refractivity contribution in [3.8, 4) is 0 Å². The molecule has 0 spiro atoms. The molecule has 1 saturated heterocycles. The van der Waals surface area contributed by atoms with Crippen molar-refractivity contribution in [3.63, 3.8) is 0 Å². The average Bonchev–Trinajstić information content (AvgIpc) is 2.62. The van der Waals surface area contributed by atoms with Gasteiger partial charge in [-0.3, -0.25) is 0 Å². The van der Waals surface area contributed by atoms with Crippen LogP contribution in [0.3, 0.4) is 0 Å². The first kappa shape index (κ1) is 18.4. The van der Waals surface area contributed by atoms with Crippen molar-refractivity contribution in [2.24, 2.45) is 0 Å². The zero-order valence-electron chi connectivity index (χ0n) is 14.5. The van der Waals surface area contributed by atoms with Crippen molar-refractivity contribution in [3.05, 3.63) is 64.2 Å². The van der Waals surface area contributed by atoms with Gasteiger partial charge in [0, 0.05) is 11.6 Å². The Bertz CT molecular complexity index is 844. The molecule has 3 rings (SSSR count). The van der Waals surface area contributed by atoms with Gasteiger partial charge in [0.2, 0.25) is 0 Å². The summed E-state index contributed by atoms with van der Waals surface area (Å²) in [6.45, 7) is 4.37. The van der Waals surface area contributed by atoms with Gasteiger partial charge in [-0.2, -0.15) is 0 Å². The maximum Gasteiger partial charge on any atom is 0.181 e. The third kappa shape index (κ3) is 3.91. The Hall–Kier alpha value is -1.36. The lowest BCUT2D eigenvalue weighted by molar-refractivity contribution is 0.0166. The predicted molar refractivity (Wildman–Crippen MR) is 101 cm³/mol. The summed E-state index contributed by atoms with van der Waals surface area (Å²) in [5.41, 5.74) is 2.83. The SMILES string of the molecule is CCc1ccc(C)cc1S(=O)(=O)C1CCOC(c2ccc(Cl)cc2)C1. The number of sulfone groups is 1. The summed E-state index contributed by atoms with van der Waals surface area (Å²) < 4.78 is 32.4. The van der Waals surface area contributed by atoms with Crippen LogP contribution in [0.15, 0.2) is 47.4 Å². The van der Waals surface area contributed by atoms with Gasteiger partial charge < -0.3 is 4.74 Å². The highest BCUT2D eigenvalue weighted by molar-refractivity contribution is 7.92. The molecule has 1 aliphatic rings. The number of aryl methyl sites for hydroxylation is 2. The molecule has 1 aliphatic heterocycles. The molecule has 5 heteroatoms. The number of ether oxygens (including phenoxy) is 1. The van der Waals surface area contributed by atoms with E-state index in [4.69, 9.17) is 16.3 Å².